The molecule has 0 saturated heterocycles. The summed E-state index contributed by atoms with van der Waals surface area (Å²) in [5.41, 5.74) is 2.12. The number of rotatable bonds is 5. The summed E-state index contributed by atoms with van der Waals surface area (Å²) in [5.74, 6) is -1.29. The number of hydrogen-bond donors (Lipinski definition) is 1. The van der Waals surface area contributed by atoms with Crippen molar-refractivity contribution >= 4 is 23.1 Å². The van der Waals surface area contributed by atoms with Crippen molar-refractivity contribution in [1.29, 1.82) is 0 Å². The number of carboxylic acids is 1. The zero-order valence-electron chi connectivity index (χ0n) is 12.1. The van der Waals surface area contributed by atoms with E-state index in [2.05, 4.69) is 4.98 Å². The van der Waals surface area contributed by atoms with Crippen LogP contribution in [0.3, 0.4) is 0 Å². The monoisotopic (exact) mass is 323 g/mol. The average Bonchev–Trinajstić information content (AvgIpc) is 3.10. The first-order chi connectivity index (χ1) is 11.1. The molecule has 2 aromatic carbocycles. The maximum Gasteiger partial charge on any atom is 0.336 e. The number of carboxylic acid groups (broad SMARTS) is 1. The van der Waals surface area contributed by atoms with Crippen molar-refractivity contribution in [3.05, 3.63) is 76.8 Å². The molecule has 0 bridgehead atoms. The second-order valence-electron chi connectivity index (χ2n) is 4.98. The number of hydrogen-bond acceptors (Lipinski definition) is 4. The summed E-state index contributed by atoms with van der Waals surface area (Å²) in [6.45, 7) is 0. The Bertz CT molecular complexity index is 839. The van der Waals surface area contributed by atoms with Gasteiger partial charge in [0, 0.05) is 29.1 Å². The van der Waals surface area contributed by atoms with Crippen molar-refractivity contribution < 1.29 is 14.7 Å². The van der Waals surface area contributed by atoms with Crippen LogP contribution in [-0.4, -0.2) is 21.8 Å². The number of aromatic nitrogens is 1. The third kappa shape index (κ3) is 3.35. The smallest absolute Gasteiger partial charge is 0.336 e. The largest absolute Gasteiger partial charge is 0.478 e. The second-order valence-corrected chi connectivity index (χ2v) is 5.88. The lowest BCUT2D eigenvalue weighted by atomic mass is 9.98. The van der Waals surface area contributed by atoms with Crippen molar-refractivity contribution in [3.63, 3.8) is 0 Å². The molecule has 0 saturated carbocycles. The first-order valence-corrected chi connectivity index (χ1v) is 7.87. The van der Waals surface area contributed by atoms with Crippen molar-refractivity contribution in [2.45, 2.75) is 6.42 Å². The number of benzene rings is 2. The predicted molar refractivity (Wildman–Crippen MR) is 89.0 cm³/mol. The van der Waals surface area contributed by atoms with Gasteiger partial charge in [0.2, 0.25) is 0 Å². The molecule has 3 rings (SSSR count). The number of nitrogens with zero attached hydrogens (tertiary/aromatic N) is 1. The number of aromatic carboxylic acids is 1. The molecule has 0 fully saturated rings. The highest BCUT2D eigenvalue weighted by Crippen LogP contribution is 2.22. The lowest BCUT2D eigenvalue weighted by Gasteiger charge is -2.06. The van der Waals surface area contributed by atoms with E-state index in [0.717, 1.165) is 16.1 Å². The molecular weight excluding hydrogens is 310 g/mol. The van der Waals surface area contributed by atoms with Gasteiger partial charge in [-0.25, -0.2) is 9.78 Å². The zero-order valence-corrected chi connectivity index (χ0v) is 12.9. The van der Waals surface area contributed by atoms with Crippen LogP contribution in [-0.2, 0) is 6.42 Å². The maximum absolute atomic E-state index is 12.4. The van der Waals surface area contributed by atoms with E-state index in [1.54, 1.807) is 35.7 Å². The van der Waals surface area contributed by atoms with Gasteiger partial charge in [0.05, 0.1) is 5.56 Å². The Kier molecular flexibility index (Phi) is 4.30. The molecule has 0 aliphatic carbocycles. The van der Waals surface area contributed by atoms with Gasteiger partial charge in [-0.15, -0.1) is 11.3 Å². The molecule has 0 atom stereocenters. The van der Waals surface area contributed by atoms with Gasteiger partial charge in [-0.3, -0.25) is 4.79 Å². The molecule has 1 N–H and O–H groups in total. The molecule has 3 aromatic rings. The van der Waals surface area contributed by atoms with Gasteiger partial charge in [-0.1, -0.05) is 42.5 Å². The summed E-state index contributed by atoms with van der Waals surface area (Å²) in [4.78, 5) is 27.8. The van der Waals surface area contributed by atoms with Crippen LogP contribution in [0.5, 0.6) is 0 Å². The summed E-state index contributed by atoms with van der Waals surface area (Å²) in [5, 5.41) is 12.0. The van der Waals surface area contributed by atoms with Gasteiger partial charge in [-0.05, 0) is 11.6 Å². The molecule has 0 aliphatic heterocycles. The topological polar surface area (TPSA) is 67.3 Å². The fourth-order valence-corrected chi connectivity index (χ4v) is 2.97. The first kappa shape index (κ1) is 15.1. The van der Waals surface area contributed by atoms with E-state index in [4.69, 9.17) is 5.11 Å². The Balaban J connectivity index is 1.80. The van der Waals surface area contributed by atoms with E-state index in [0.29, 0.717) is 0 Å². The molecule has 114 valence electrons. The quantitative estimate of drug-likeness (QED) is 0.722. The Hall–Kier alpha value is -2.79. The summed E-state index contributed by atoms with van der Waals surface area (Å²) in [7, 11) is 0. The van der Waals surface area contributed by atoms with E-state index >= 15 is 0 Å². The second kappa shape index (κ2) is 6.54. The zero-order chi connectivity index (χ0) is 16.2. The van der Waals surface area contributed by atoms with Crippen LogP contribution >= 0.6 is 11.3 Å². The highest BCUT2D eigenvalue weighted by Gasteiger charge is 2.16. The summed E-state index contributed by atoms with van der Waals surface area (Å²) < 4.78 is 0. The molecule has 23 heavy (non-hydrogen) atoms. The predicted octanol–water partition coefficient (Wildman–Crippen LogP) is 3.93. The van der Waals surface area contributed by atoms with E-state index in [1.807, 2.05) is 29.6 Å². The Morgan fingerprint density at radius 1 is 1.00 bits per heavy atom. The number of carbonyl (C=O) groups excluding carboxylic acids is 1. The average molecular weight is 323 g/mol. The van der Waals surface area contributed by atoms with Crippen molar-refractivity contribution in [2.24, 2.45) is 0 Å². The molecular formula is C18H13NO3S. The maximum atomic E-state index is 12.4. The third-order valence-electron chi connectivity index (χ3n) is 3.46. The summed E-state index contributed by atoms with van der Waals surface area (Å²) >= 11 is 1.55. The lowest BCUT2D eigenvalue weighted by Crippen LogP contribution is -2.10. The van der Waals surface area contributed by atoms with Crippen molar-refractivity contribution in [3.8, 4) is 10.6 Å². The van der Waals surface area contributed by atoms with E-state index < -0.39 is 5.97 Å². The lowest BCUT2D eigenvalue weighted by molar-refractivity contribution is 0.0692. The van der Waals surface area contributed by atoms with Crippen molar-refractivity contribution in [2.75, 3.05) is 0 Å². The van der Waals surface area contributed by atoms with Gasteiger partial charge in [-0.2, -0.15) is 0 Å². The van der Waals surface area contributed by atoms with Crippen LogP contribution in [0.2, 0.25) is 0 Å². The minimum Gasteiger partial charge on any atom is -0.478 e. The van der Waals surface area contributed by atoms with Gasteiger partial charge < -0.3 is 5.11 Å². The highest BCUT2D eigenvalue weighted by molar-refractivity contribution is 7.13. The standard InChI is InChI=1S/C18H13NO3S/c20-16(14-3-1-2-4-15(14)18(21)22)11-12-5-7-13(8-6-12)17-19-9-10-23-17/h1-10H,11H2,(H,21,22). The molecule has 0 unspecified atom stereocenters. The molecule has 4 nitrogen and oxygen atoms in total. The van der Waals surface area contributed by atoms with Crippen LogP contribution in [0.25, 0.3) is 10.6 Å². The van der Waals surface area contributed by atoms with Gasteiger partial charge in [0.15, 0.2) is 5.78 Å². The van der Waals surface area contributed by atoms with Gasteiger partial charge >= 0.3 is 5.97 Å². The van der Waals surface area contributed by atoms with Crippen LogP contribution in [0.15, 0.2) is 60.1 Å². The molecule has 0 radical (unpaired) electrons. The molecule has 0 spiro atoms. The normalized spacial score (nSPS) is 10.4. The van der Waals surface area contributed by atoms with Crippen LogP contribution in [0, 0.1) is 0 Å². The SMILES string of the molecule is O=C(O)c1ccccc1C(=O)Cc1ccc(-c2nccs2)cc1. The molecule has 1 aromatic heterocycles. The first-order valence-electron chi connectivity index (χ1n) is 6.99. The van der Waals surface area contributed by atoms with E-state index in [-0.39, 0.29) is 23.3 Å². The molecule has 1 heterocycles. The minimum absolute atomic E-state index is 0.0388. The van der Waals surface area contributed by atoms with Crippen LogP contribution in [0.1, 0.15) is 26.3 Å². The van der Waals surface area contributed by atoms with E-state index in [9.17, 15) is 9.59 Å². The third-order valence-corrected chi connectivity index (χ3v) is 4.28. The van der Waals surface area contributed by atoms with Gasteiger partial charge in [0.1, 0.15) is 5.01 Å². The van der Waals surface area contributed by atoms with Crippen LogP contribution < -0.4 is 0 Å². The van der Waals surface area contributed by atoms with Crippen molar-refractivity contribution in [1.82, 2.24) is 4.98 Å². The number of Topliss-reactive ketones (excluding diaryl/α,β-unsaturated/α-hetero) is 1. The Morgan fingerprint density at radius 3 is 2.30 bits per heavy atom. The molecule has 0 aliphatic rings. The van der Waals surface area contributed by atoms with E-state index in [1.165, 1.54) is 6.07 Å². The van der Waals surface area contributed by atoms with Crippen LogP contribution in [0.4, 0.5) is 0 Å². The Labute approximate surface area is 137 Å². The minimum atomic E-state index is -1.09. The fraction of sp³-hybridized carbons (Fsp3) is 0.0556. The number of thiazole rings is 1. The van der Waals surface area contributed by atoms with Gasteiger partial charge in [0.25, 0.3) is 0 Å². The number of carbonyl (C=O) groups is 2. The number of ketones is 1. The molecule has 0 amide bonds. The molecule has 5 heteroatoms. The highest BCUT2D eigenvalue weighted by atomic mass is 32.1. The Morgan fingerprint density at radius 2 is 1.70 bits per heavy atom. The summed E-state index contributed by atoms with van der Waals surface area (Å²) in [6.07, 6.45) is 1.92. The fourth-order valence-electron chi connectivity index (χ4n) is 2.32. The summed E-state index contributed by atoms with van der Waals surface area (Å²) in [6, 6.07) is 13.9.